The van der Waals surface area contributed by atoms with Crippen LogP contribution in [0, 0.1) is 20.8 Å². The van der Waals surface area contributed by atoms with E-state index in [0.717, 1.165) is 112 Å². The van der Waals surface area contributed by atoms with Crippen LogP contribution < -0.4 is 44.1 Å². The number of carbonyl (C=O) groups is 1. The Hall–Kier alpha value is -3.03. The number of piperazine rings is 1. The molecule has 2 N–H and O–H groups in total. The van der Waals surface area contributed by atoms with Crippen LogP contribution in [0.1, 0.15) is 132 Å². The number of aromatic amines is 2. The summed E-state index contributed by atoms with van der Waals surface area (Å²) >= 11 is 9.92. The molecule has 0 atom stereocenters. The van der Waals surface area contributed by atoms with Crippen molar-refractivity contribution in [2.45, 2.75) is 169 Å². The number of benzene rings is 3. The molecule has 7 aromatic rings. The van der Waals surface area contributed by atoms with Gasteiger partial charge in [-0.25, -0.2) is 0 Å². The number of anilines is 2. The van der Waals surface area contributed by atoms with E-state index in [1.165, 1.54) is 87.0 Å². The molecule has 90 heavy (non-hydrogen) atoms. The molecule has 4 aliphatic heterocycles. The van der Waals surface area contributed by atoms with Crippen LogP contribution in [0.4, 0.5) is 11.5 Å². The fraction of sp³-hybridized carbons (Fsp3) is 0.563. The molecule has 0 bridgehead atoms. The predicted molar refractivity (Wildman–Crippen MR) is 399 cm³/mol. The first kappa shape index (κ1) is 76.0. The number of morpholine rings is 1. The maximum Gasteiger partial charge on any atom is 1.00 e. The van der Waals surface area contributed by atoms with Gasteiger partial charge in [-0.15, -0.1) is 0 Å². The molecule has 13 nitrogen and oxygen atoms in total. The number of ether oxygens (including phenoxy) is 3. The molecule has 4 aromatic heterocycles. The van der Waals surface area contributed by atoms with Gasteiger partial charge in [-0.3, -0.25) is 9.69 Å². The van der Waals surface area contributed by atoms with Gasteiger partial charge in [0.2, 0.25) is 5.91 Å². The molecule has 11 rings (SSSR count). The molecule has 490 valence electrons. The number of hydrogen-bond donors (Lipinski definition) is 2. The summed E-state index contributed by atoms with van der Waals surface area (Å²) in [7, 11) is -2.68. The summed E-state index contributed by atoms with van der Waals surface area (Å²) in [4.78, 5) is 37.6. The summed E-state index contributed by atoms with van der Waals surface area (Å²) in [5.41, 5.74) is 16.0. The molecule has 3 aromatic carbocycles. The third-order valence-electron chi connectivity index (χ3n) is 19.6. The zero-order valence-corrected chi connectivity index (χ0v) is 66.8. The molecule has 0 saturated carbocycles. The summed E-state index contributed by atoms with van der Waals surface area (Å²) in [6.45, 7) is 50.6. The van der Waals surface area contributed by atoms with Crippen molar-refractivity contribution >= 4 is 121 Å². The molecule has 0 unspecified atom stereocenters. The molecule has 0 spiro atoms. The summed E-state index contributed by atoms with van der Waals surface area (Å²) in [6.07, 6.45) is 12.0. The van der Waals surface area contributed by atoms with Gasteiger partial charge < -0.3 is 44.5 Å². The van der Waals surface area contributed by atoms with Gasteiger partial charge in [-0.1, -0.05) is 130 Å². The van der Waals surface area contributed by atoms with E-state index in [1.54, 1.807) is 0 Å². The van der Waals surface area contributed by atoms with Crippen molar-refractivity contribution in [2.75, 3.05) is 99.2 Å². The van der Waals surface area contributed by atoms with E-state index in [1.807, 2.05) is 17.3 Å². The molecule has 8 heterocycles. The number of aryl methyl sites for hydroxylation is 3. The molecule has 0 aliphatic carbocycles. The Morgan fingerprint density at radius 2 is 1.22 bits per heavy atom. The van der Waals surface area contributed by atoms with Gasteiger partial charge in [0.05, 0.1) is 40.1 Å². The summed E-state index contributed by atoms with van der Waals surface area (Å²) in [5, 5.41) is 3.85. The van der Waals surface area contributed by atoms with Crippen LogP contribution in [0.3, 0.4) is 0 Å². The van der Waals surface area contributed by atoms with Gasteiger partial charge in [-0.05, 0) is 181 Å². The summed E-state index contributed by atoms with van der Waals surface area (Å²) in [5.74, 6) is 0.939. The maximum atomic E-state index is 12.2. The van der Waals surface area contributed by atoms with Crippen molar-refractivity contribution in [1.29, 1.82) is 0 Å². The maximum absolute atomic E-state index is 12.2. The van der Waals surface area contributed by atoms with E-state index in [0.29, 0.717) is 48.9 Å². The fourth-order valence-electron chi connectivity index (χ4n) is 14.7. The number of carbonyl (C=O) groups excluding carboxylic acids is 1. The van der Waals surface area contributed by atoms with E-state index in [-0.39, 0.29) is 36.9 Å². The minimum absolute atomic E-state index is 0. The van der Waals surface area contributed by atoms with Crippen molar-refractivity contribution in [3.63, 3.8) is 0 Å². The first-order valence-electron chi connectivity index (χ1n) is 33.0. The minimum atomic E-state index is -1.66. The molecule has 0 radical (unpaired) electrons. The van der Waals surface area contributed by atoms with Crippen molar-refractivity contribution in [3.8, 4) is 6.01 Å². The third kappa shape index (κ3) is 17.9. The zero-order chi connectivity index (χ0) is 64.7. The summed E-state index contributed by atoms with van der Waals surface area (Å²) in [6, 6.07) is 20.0. The van der Waals surface area contributed by atoms with E-state index in [9.17, 15) is 4.79 Å². The predicted octanol–water partition coefficient (Wildman–Crippen LogP) is 15.3. The van der Waals surface area contributed by atoms with Gasteiger partial charge in [0.25, 0.3) is 0 Å². The largest absolute Gasteiger partial charge is 1.00 e. The van der Waals surface area contributed by atoms with E-state index >= 15 is 0 Å². The fourth-order valence-corrected chi connectivity index (χ4v) is 35.1. The van der Waals surface area contributed by atoms with Gasteiger partial charge in [0, 0.05) is 131 Å². The van der Waals surface area contributed by atoms with Crippen LogP contribution >= 0.6 is 54.5 Å². The molecule has 1 amide bonds. The molecular formula is C71H107Br2IN9NaO4Si2. The first-order valence-corrected chi connectivity index (χ1v) is 40.7. The van der Waals surface area contributed by atoms with Gasteiger partial charge >= 0.3 is 35.6 Å². The SMILES string of the molecule is C1CCOC1.C=CC(=O)N1CCN(c2nc(OCCCN3CCOCC3)nc3c2CCN(c2c(C)ccc4[nH]ccc24)C3)CC1.CC(C)[Si](CI)(C(C)C)C(C)C.Cc1ccc2[nH]ccc2c1Br.Cc1ccc2c(ccn2[Si](C(C)C)(C(C)C)C(C)C)c1Br.[H-].[Na+]. The van der Waals surface area contributed by atoms with Crippen LogP contribution in [0.15, 0.2) is 94.8 Å². The van der Waals surface area contributed by atoms with Gasteiger partial charge in [0.1, 0.15) is 5.82 Å². The van der Waals surface area contributed by atoms with Crippen LogP contribution in [-0.4, -0.2) is 146 Å². The molecule has 4 aliphatic rings. The van der Waals surface area contributed by atoms with Crippen molar-refractivity contribution in [1.82, 2.24) is 34.0 Å². The Morgan fingerprint density at radius 3 is 1.76 bits per heavy atom. The molecule has 3 fully saturated rings. The second-order valence-corrected chi connectivity index (χ2v) is 42.2. The number of fused-ring (bicyclic) bond motifs is 4. The third-order valence-corrected chi connectivity index (χ3v) is 39.4. The Kier molecular flexibility index (Phi) is 30.1. The average Bonchev–Trinajstić information content (AvgIpc) is 1.69. The van der Waals surface area contributed by atoms with E-state index in [4.69, 9.17) is 24.2 Å². The monoisotopic (exact) mass is 1510 g/mol. The zero-order valence-electron chi connectivity index (χ0n) is 58.5. The number of hydrogen-bond acceptors (Lipinski definition) is 9. The average molecular weight is 1520 g/mol. The van der Waals surface area contributed by atoms with E-state index in [2.05, 4.69) is 255 Å². The second kappa shape index (κ2) is 35.6. The Balaban J connectivity index is 0.000000244. The smallest absolute Gasteiger partial charge is 1.00 e. The Morgan fingerprint density at radius 1 is 0.678 bits per heavy atom. The van der Waals surface area contributed by atoms with Gasteiger partial charge in [0.15, 0.2) is 8.24 Å². The quantitative estimate of drug-likeness (QED) is 0.0320. The normalized spacial score (nSPS) is 15.6. The number of nitrogens with zero attached hydrogens (tertiary/aromatic N) is 7. The number of H-pyrrole nitrogens is 2. The first-order chi connectivity index (χ1) is 42.5. The van der Waals surface area contributed by atoms with Gasteiger partial charge in [-0.2, -0.15) is 9.97 Å². The minimum Gasteiger partial charge on any atom is -1.00 e. The van der Waals surface area contributed by atoms with Crippen LogP contribution in [0.5, 0.6) is 6.01 Å². The second-order valence-electron chi connectivity index (χ2n) is 26.6. The van der Waals surface area contributed by atoms with Crippen LogP contribution in [0.25, 0.3) is 32.7 Å². The van der Waals surface area contributed by atoms with Crippen molar-refractivity contribution in [2.24, 2.45) is 0 Å². The van der Waals surface area contributed by atoms with E-state index < -0.39 is 16.3 Å². The van der Waals surface area contributed by atoms with Crippen LogP contribution in [0.2, 0.25) is 33.2 Å². The Bertz CT molecular complexity index is 3340. The summed E-state index contributed by atoms with van der Waals surface area (Å²) < 4.78 is 23.1. The number of amides is 1. The molecule has 3 saturated heterocycles. The molecule has 19 heteroatoms. The standard InChI is InChI=1S/C30H39N7O3.C18H28BrNSi.C10H23ISi.C9H8BrN.C4H8O.Na.H/c1-3-27(38)35-12-14-36(15-13-35)29-24-8-11-37(28-22(2)5-6-25-23(28)7-9-31-25)21-26(24)32-30(33-29)40-18-4-10-34-16-19-39-20-17-34;1-12(2)21(13(3)4,14(5)6)20-11-10-16-17(20)9-8-15(7)18(16)19;1-8(2)12(7-11,9(3)4)10(5)6;1-6-2-3-8-7(9(6)10)4-5-11-8;1-2-4-5-3-1;;/h3,5-7,9,31H,1,4,8,10-21H2,2H3;8-14H,1-7H3;8-10H,7H2,1-6H3;2-5,11H,1H3;1-4H2;;/q;;;;;+1;-1. The number of aromatic nitrogens is 5. The molecular weight excluding hydrogens is 1410 g/mol. The van der Waals surface area contributed by atoms with Crippen molar-refractivity contribution < 1.29 is 50.0 Å². The topological polar surface area (TPSA) is 120 Å². The number of rotatable bonds is 16. The Labute approximate surface area is 596 Å². The van der Waals surface area contributed by atoms with Crippen molar-refractivity contribution in [3.05, 3.63) is 123 Å². The van der Waals surface area contributed by atoms with Crippen LogP contribution in [-0.2, 0) is 27.2 Å². The number of nitrogens with one attached hydrogen (secondary N) is 2. The number of alkyl halides is 1. The number of halogens is 3.